The number of pyridine rings is 1. The van der Waals surface area contributed by atoms with Crippen LogP contribution < -0.4 is 5.43 Å². The van der Waals surface area contributed by atoms with E-state index in [4.69, 9.17) is 0 Å². The number of hydrogen-bond donors (Lipinski definition) is 1. The molecule has 0 atom stereocenters. The third kappa shape index (κ3) is 3.06. The highest BCUT2D eigenvalue weighted by molar-refractivity contribution is 7.89. The average molecular weight is 284 g/mol. The third-order valence-electron chi connectivity index (χ3n) is 3.68. The number of aromatic nitrogens is 1. The molecule has 2 rings (SSSR count). The van der Waals surface area contributed by atoms with Crippen molar-refractivity contribution in [3.05, 3.63) is 28.7 Å². The standard InChI is InChI=1S/C13H20N2O3S/c1-2-3-11-5-8-15(9-6-11)19(17,18)13-10-14-7-4-12(13)16/h4,7,10-11H,2-3,5-6,8-9H2,1H3,(H,14,16). The van der Waals surface area contributed by atoms with Gasteiger partial charge in [-0.25, -0.2) is 8.42 Å². The maximum Gasteiger partial charge on any atom is 0.248 e. The van der Waals surface area contributed by atoms with Gasteiger partial charge in [-0.2, -0.15) is 4.31 Å². The fraction of sp³-hybridized carbons (Fsp3) is 0.615. The Morgan fingerprint density at radius 3 is 2.63 bits per heavy atom. The van der Waals surface area contributed by atoms with E-state index in [-0.39, 0.29) is 4.90 Å². The Hall–Kier alpha value is -1.14. The summed E-state index contributed by atoms with van der Waals surface area (Å²) < 4.78 is 26.2. The molecule has 1 aliphatic rings. The van der Waals surface area contributed by atoms with Crippen LogP contribution in [-0.4, -0.2) is 30.8 Å². The maximum atomic E-state index is 12.4. The van der Waals surface area contributed by atoms with Crippen molar-refractivity contribution in [1.29, 1.82) is 0 Å². The Morgan fingerprint density at radius 1 is 1.37 bits per heavy atom. The van der Waals surface area contributed by atoms with Crippen LogP contribution in [0, 0.1) is 5.92 Å². The second kappa shape index (κ2) is 5.88. The zero-order chi connectivity index (χ0) is 13.9. The van der Waals surface area contributed by atoms with E-state index in [1.165, 1.54) is 22.8 Å². The molecule has 0 aliphatic carbocycles. The number of nitrogens with one attached hydrogen (secondary N) is 1. The van der Waals surface area contributed by atoms with Crippen molar-refractivity contribution < 1.29 is 8.42 Å². The first-order valence-corrected chi connectivity index (χ1v) is 8.17. The smallest absolute Gasteiger partial charge is 0.248 e. The fourth-order valence-electron chi connectivity index (χ4n) is 2.59. The normalized spacial score (nSPS) is 18.6. The number of rotatable bonds is 4. The van der Waals surface area contributed by atoms with Gasteiger partial charge in [-0.05, 0) is 18.8 Å². The number of piperidine rings is 1. The predicted molar refractivity (Wildman–Crippen MR) is 73.5 cm³/mol. The van der Waals surface area contributed by atoms with Crippen LogP contribution in [-0.2, 0) is 10.0 Å². The van der Waals surface area contributed by atoms with Crippen molar-refractivity contribution in [2.75, 3.05) is 13.1 Å². The Balaban J connectivity index is 2.15. The van der Waals surface area contributed by atoms with Gasteiger partial charge in [0.05, 0.1) is 0 Å². The lowest BCUT2D eigenvalue weighted by Gasteiger charge is -2.30. The summed E-state index contributed by atoms with van der Waals surface area (Å²) in [5, 5.41) is 0. The molecule has 106 valence electrons. The molecule has 0 spiro atoms. The molecule has 0 aromatic carbocycles. The molecule has 0 bridgehead atoms. The van der Waals surface area contributed by atoms with Crippen molar-refractivity contribution in [3.63, 3.8) is 0 Å². The van der Waals surface area contributed by atoms with E-state index in [2.05, 4.69) is 11.9 Å². The highest BCUT2D eigenvalue weighted by Crippen LogP contribution is 2.25. The summed E-state index contributed by atoms with van der Waals surface area (Å²) in [7, 11) is -3.64. The zero-order valence-electron chi connectivity index (χ0n) is 11.1. The van der Waals surface area contributed by atoms with Crippen LogP contribution in [0.4, 0.5) is 0 Å². The van der Waals surface area contributed by atoms with Gasteiger partial charge in [0.15, 0.2) is 0 Å². The van der Waals surface area contributed by atoms with Gasteiger partial charge in [0.2, 0.25) is 15.5 Å². The minimum atomic E-state index is -3.64. The fourth-order valence-corrected chi connectivity index (χ4v) is 4.10. The first kappa shape index (κ1) is 14.3. The van der Waals surface area contributed by atoms with Crippen molar-refractivity contribution in [1.82, 2.24) is 9.29 Å². The predicted octanol–water partition coefficient (Wildman–Crippen LogP) is 1.58. The van der Waals surface area contributed by atoms with Crippen LogP contribution in [0.25, 0.3) is 0 Å². The van der Waals surface area contributed by atoms with Crippen LogP contribution in [0.2, 0.25) is 0 Å². The lowest BCUT2D eigenvalue weighted by molar-refractivity contribution is 0.262. The lowest BCUT2D eigenvalue weighted by Crippen LogP contribution is -2.40. The first-order valence-electron chi connectivity index (χ1n) is 6.73. The Bertz CT molecular complexity index is 572. The molecule has 6 heteroatoms. The summed E-state index contributed by atoms with van der Waals surface area (Å²) >= 11 is 0. The van der Waals surface area contributed by atoms with Crippen LogP contribution in [0.15, 0.2) is 28.2 Å². The molecule has 0 unspecified atom stereocenters. The van der Waals surface area contributed by atoms with Crippen molar-refractivity contribution in [3.8, 4) is 0 Å². The van der Waals surface area contributed by atoms with E-state index >= 15 is 0 Å². The van der Waals surface area contributed by atoms with Gasteiger partial charge in [-0.15, -0.1) is 0 Å². The molecule has 1 aromatic heterocycles. The summed E-state index contributed by atoms with van der Waals surface area (Å²) in [6.07, 6.45) is 6.77. The molecule has 1 aromatic rings. The second-order valence-electron chi connectivity index (χ2n) is 5.01. The highest BCUT2D eigenvalue weighted by atomic mass is 32.2. The van der Waals surface area contributed by atoms with Gasteiger partial charge in [-0.1, -0.05) is 19.8 Å². The largest absolute Gasteiger partial charge is 0.366 e. The number of H-pyrrole nitrogens is 1. The monoisotopic (exact) mass is 284 g/mol. The van der Waals surface area contributed by atoms with E-state index in [9.17, 15) is 13.2 Å². The molecule has 1 saturated heterocycles. The molecule has 0 radical (unpaired) electrons. The summed E-state index contributed by atoms with van der Waals surface area (Å²) in [5.41, 5.74) is -0.450. The quantitative estimate of drug-likeness (QED) is 0.912. The summed E-state index contributed by atoms with van der Waals surface area (Å²) in [4.78, 5) is 14.2. The highest BCUT2D eigenvalue weighted by Gasteiger charge is 2.30. The van der Waals surface area contributed by atoms with Gasteiger partial charge >= 0.3 is 0 Å². The molecule has 1 fully saturated rings. The van der Waals surface area contributed by atoms with Crippen LogP contribution in [0.3, 0.4) is 0 Å². The molecular formula is C13H20N2O3S. The molecule has 1 aliphatic heterocycles. The molecule has 2 heterocycles. The minimum absolute atomic E-state index is 0.149. The lowest BCUT2D eigenvalue weighted by atomic mass is 9.94. The van der Waals surface area contributed by atoms with Crippen LogP contribution in [0.1, 0.15) is 32.6 Å². The van der Waals surface area contributed by atoms with Crippen LogP contribution >= 0.6 is 0 Å². The van der Waals surface area contributed by atoms with E-state index in [0.717, 1.165) is 25.7 Å². The topological polar surface area (TPSA) is 70.2 Å². The van der Waals surface area contributed by atoms with Crippen molar-refractivity contribution in [2.24, 2.45) is 5.92 Å². The minimum Gasteiger partial charge on any atom is -0.366 e. The second-order valence-corrected chi connectivity index (χ2v) is 6.92. The van der Waals surface area contributed by atoms with Crippen molar-refractivity contribution >= 4 is 10.0 Å². The van der Waals surface area contributed by atoms with E-state index in [1.54, 1.807) is 0 Å². The van der Waals surface area contributed by atoms with Gasteiger partial charge < -0.3 is 4.98 Å². The summed E-state index contributed by atoms with van der Waals surface area (Å²) in [6.45, 7) is 3.18. The number of sulfonamides is 1. The molecule has 19 heavy (non-hydrogen) atoms. The molecular weight excluding hydrogens is 264 g/mol. The Morgan fingerprint density at radius 2 is 2.05 bits per heavy atom. The number of nitrogens with zero attached hydrogens (tertiary/aromatic N) is 1. The summed E-state index contributed by atoms with van der Waals surface area (Å²) in [5.74, 6) is 0.616. The third-order valence-corrected chi connectivity index (χ3v) is 5.60. The van der Waals surface area contributed by atoms with E-state index < -0.39 is 15.5 Å². The molecule has 5 nitrogen and oxygen atoms in total. The molecule has 0 amide bonds. The SMILES string of the molecule is CCCC1CCN(S(=O)(=O)c2c[nH]ccc2=O)CC1. The maximum absolute atomic E-state index is 12.4. The van der Waals surface area contributed by atoms with Gasteiger partial charge in [0.1, 0.15) is 4.90 Å². The van der Waals surface area contributed by atoms with Gasteiger partial charge in [0.25, 0.3) is 0 Å². The molecule has 0 saturated carbocycles. The number of hydrogen-bond acceptors (Lipinski definition) is 3. The zero-order valence-corrected chi connectivity index (χ0v) is 11.9. The Labute approximate surface area is 113 Å². The first-order chi connectivity index (χ1) is 9.05. The van der Waals surface area contributed by atoms with Crippen molar-refractivity contribution in [2.45, 2.75) is 37.5 Å². The Kier molecular flexibility index (Phi) is 4.42. The molecule has 1 N–H and O–H groups in total. The van der Waals surface area contributed by atoms with Gasteiger partial charge in [-0.3, -0.25) is 4.79 Å². The van der Waals surface area contributed by atoms with E-state index in [0.29, 0.717) is 19.0 Å². The number of aromatic amines is 1. The van der Waals surface area contributed by atoms with E-state index in [1.807, 2.05) is 0 Å². The van der Waals surface area contributed by atoms with Crippen LogP contribution in [0.5, 0.6) is 0 Å². The van der Waals surface area contributed by atoms with Gasteiger partial charge in [0, 0.05) is 31.5 Å². The summed E-state index contributed by atoms with van der Waals surface area (Å²) in [6, 6.07) is 1.25. The average Bonchev–Trinajstić information content (AvgIpc) is 2.40.